The highest BCUT2D eigenvalue weighted by atomic mass is 16.6. The van der Waals surface area contributed by atoms with Crippen molar-refractivity contribution in [2.45, 2.75) is 271 Å². The summed E-state index contributed by atoms with van der Waals surface area (Å²) in [4.78, 5) is 38.0. The monoisotopic (exact) mass is 933 g/mol. The molecule has 0 aliphatic rings. The molecule has 0 aliphatic carbocycles. The molecule has 0 radical (unpaired) electrons. The standard InChI is InChI=1S/C61H104O6/c1-4-7-10-13-16-19-22-24-25-26-27-28-29-30-31-32-33-34-35-37-39-42-45-48-51-54-60(63)66-57-58(56-65-59(62)53-50-47-44-41-38-21-18-15-12-9-6-3)67-61(64)55-52-49-46-43-40-36-23-20-17-14-11-8-5-2/h7,10,16,19-20,23-25,27-28,30-31,33-34,58H,4-6,8-9,11-15,17-18,21-22,26,29,32,35-57H2,1-3H3/b10-7-,19-16-,23-20-,25-24-,28-27-,31-30-,34-33-. The highest BCUT2D eigenvalue weighted by molar-refractivity contribution is 5.71. The fourth-order valence-electron chi connectivity index (χ4n) is 7.68. The van der Waals surface area contributed by atoms with Crippen molar-refractivity contribution >= 4 is 17.9 Å². The summed E-state index contributed by atoms with van der Waals surface area (Å²) in [5.74, 6) is -0.904. The maximum Gasteiger partial charge on any atom is 0.306 e. The Hall–Kier alpha value is -3.41. The molecule has 0 heterocycles. The molecule has 0 rings (SSSR count). The molecule has 384 valence electrons. The Balaban J connectivity index is 4.32. The number of hydrogen-bond acceptors (Lipinski definition) is 6. The predicted molar refractivity (Wildman–Crippen MR) is 288 cm³/mol. The molecule has 0 aromatic carbocycles. The van der Waals surface area contributed by atoms with Gasteiger partial charge in [0.1, 0.15) is 13.2 Å². The molecule has 0 saturated carbocycles. The van der Waals surface area contributed by atoms with E-state index in [2.05, 4.69) is 106 Å². The lowest BCUT2D eigenvalue weighted by atomic mass is 10.1. The molecular weight excluding hydrogens is 829 g/mol. The van der Waals surface area contributed by atoms with Crippen LogP contribution in [-0.4, -0.2) is 37.2 Å². The molecular formula is C61H104O6. The molecule has 6 nitrogen and oxygen atoms in total. The van der Waals surface area contributed by atoms with Gasteiger partial charge in [-0.25, -0.2) is 0 Å². The van der Waals surface area contributed by atoms with E-state index in [1.54, 1.807) is 0 Å². The minimum absolute atomic E-state index is 0.0828. The van der Waals surface area contributed by atoms with Gasteiger partial charge in [0.15, 0.2) is 6.10 Å². The lowest BCUT2D eigenvalue weighted by molar-refractivity contribution is -0.167. The Morgan fingerprint density at radius 2 is 0.582 bits per heavy atom. The van der Waals surface area contributed by atoms with E-state index >= 15 is 0 Å². The lowest BCUT2D eigenvalue weighted by Crippen LogP contribution is -2.30. The van der Waals surface area contributed by atoms with Crippen LogP contribution in [0.1, 0.15) is 265 Å². The van der Waals surface area contributed by atoms with Gasteiger partial charge in [0.2, 0.25) is 0 Å². The van der Waals surface area contributed by atoms with E-state index in [0.717, 1.165) is 122 Å². The van der Waals surface area contributed by atoms with Crippen LogP contribution in [0.3, 0.4) is 0 Å². The molecule has 0 N–H and O–H groups in total. The van der Waals surface area contributed by atoms with Gasteiger partial charge < -0.3 is 14.2 Å². The molecule has 0 spiro atoms. The van der Waals surface area contributed by atoms with E-state index in [1.165, 1.54) is 103 Å². The number of allylic oxidation sites excluding steroid dienone is 14. The molecule has 0 aromatic rings. The van der Waals surface area contributed by atoms with Crippen LogP contribution in [0, 0.1) is 0 Å². The third-order valence-electron chi connectivity index (χ3n) is 11.9. The maximum atomic E-state index is 12.8. The number of hydrogen-bond donors (Lipinski definition) is 0. The second-order valence-electron chi connectivity index (χ2n) is 18.5. The second kappa shape index (κ2) is 55.2. The Morgan fingerprint density at radius 3 is 0.940 bits per heavy atom. The highest BCUT2D eigenvalue weighted by Crippen LogP contribution is 2.15. The van der Waals surface area contributed by atoms with Crippen LogP contribution in [0.15, 0.2) is 85.1 Å². The third-order valence-corrected chi connectivity index (χ3v) is 11.9. The normalized spacial score (nSPS) is 12.7. The lowest BCUT2D eigenvalue weighted by Gasteiger charge is -2.18. The zero-order valence-corrected chi connectivity index (χ0v) is 43.9. The molecule has 67 heavy (non-hydrogen) atoms. The predicted octanol–water partition coefficient (Wildman–Crippen LogP) is 18.8. The van der Waals surface area contributed by atoms with Gasteiger partial charge in [0, 0.05) is 19.3 Å². The molecule has 1 unspecified atom stereocenters. The summed E-state index contributed by atoms with van der Waals surface area (Å²) in [5.41, 5.74) is 0. The van der Waals surface area contributed by atoms with E-state index in [9.17, 15) is 14.4 Å². The van der Waals surface area contributed by atoms with E-state index < -0.39 is 6.10 Å². The largest absolute Gasteiger partial charge is 0.462 e. The zero-order valence-electron chi connectivity index (χ0n) is 43.9. The quantitative estimate of drug-likeness (QED) is 0.0262. The van der Waals surface area contributed by atoms with Gasteiger partial charge in [0.25, 0.3) is 0 Å². The number of unbranched alkanes of at least 4 members (excludes halogenated alkanes) is 25. The fraction of sp³-hybridized carbons (Fsp3) is 0.721. The average Bonchev–Trinajstić information content (AvgIpc) is 3.33. The molecule has 0 amide bonds. The fourth-order valence-corrected chi connectivity index (χ4v) is 7.68. The first-order valence-electron chi connectivity index (χ1n) is 28.1. The second-order valence-corrected chi connectivity index (χ2v) is 18.5. The van der Waals surface area contributed by atoms with E-state index in [-0.39, 0.29) is 31.1 Å². The van der Waals surface area contributed by atoms with Crippen LogP contribution in [0.4, 0.5) is 0 Å². The molecule has 0 aromatic heterocycles. The van der Waals surface area contributed by atoms with E-state index in [0.29, 0.717) is 19.3 Å². The average molecular weight is 933 g/mol. The summed E-state index contributed by atoms with van der Waals surface area (Å²) in [6.45, 7) is 6.49. The number of esters is 3. The first kappa shape index (κ1) is 63.6. The van der Waals surface area contributed by atoms with Gasteiger partial charge >= 0.3 is 17.9 Å². The third kappa shape index (κ3) is 53.4. The minimum atomic E-state index is -0.785. The summed E-state index contributed by atoms with van der Waals surface area (Å²) >= 11 is 0. The van der Waals surface area contributed by atoms with Gasteiger partial charge in [-0.1, -0.05) is 234 Å². The Labute approximate surface area is 414 Å². The highest BCUT2D eigenvalue weighted by Gasteiger charge is 2.19. The van der Waals surface area contributed by atoms with Gasteiger partial charge in [-0.15, -0.1) is 0 Å². The maximum absolute atomic E-state index is 12.8. The van der Waals surface area contributed by atoms with Crippen LogP contribution in [-0.2, 0) is 28.6 Å². The molecule has 0 saturated heterocycles. The van der Waals surface area contributed by atoms with Crippen LogP contribution < -0.4 is 0 Å². The van der Waals surface area contributed by atoms with Gasteiger partial charge in [-0.3, -0.25) is 14.4 Å². The SMILES string of the molecule is CC/C=C\C/C=C\C/C=C\C/C=C\C/C=C\C/C=C\CCCCCCCCC(=O)OCC(COC(=O)CCCCCCCCCCCCC)OC(=O)CCCCCCC/C=C\CCCCCC. The summed E-state index contributed by atoms with van der Waals surface area (Å²) in [5, 5.41) is 0. The molecule has 0 bridgehead atoms. The summed E-state index contributed by atoms with van der Waals surface area (Å²) in [7, 11) is 0. The van der Waals surface area contributed by atoms with Gasteiger partial charge in [-0.05, 0) is 96.3 Å². The Bertz CT molecular complexity index is 1300. The first-order chi connectivity index (χ1) is 33.0. The molecule has 1 atom stereocenters. The number of rotatable bonds is 50. The Morgan fingerprint density at radius 1 is 0.313 bits per heavy atom. The number of ether oxygens (including phenoxy) is 3. The van der Waals surface area contributed by atoms with E-state index in [1.807, 2.05) is 0 Å². The van der Waals surface area contributed by atoms with Crippen LogP contribution in [0.5, 0.6) is 0 Å². The van der Waals surface area contributed by atoms with Crippen LogP contribution in [0.2, 0.25) is 0 Å². The number of carbonyl (C=O) groups is 3. The smallest absolute Gasteiger partial charge is 0.306 e. The minimum Gasteiger partial charge on any atom is -0.462 e. The van der Waals surface area contributed by atoms with Crippen LogP contribution in [0.25, 0.3) is 0 Å². The topological polar surface area (TPSA) is 78.9 Å². The van der Waals surface area contributed by atoms with Crippen LogP contribution >= 0.6 is 0 Å². The van der Waals surface area contributed by atoms with Crippen molar-refractivity contribution in [2.75, 3.05) is 13.2 Å². The van der Waals surface area contributed by atoms with Crippen molar-refractivity contribution in [3.8, 4) is 0 Å². The van der Waals surface area contributed by atoms with Crippen molar-refractivity contribution in [3.05, 3.63) is 85.1 Å². The van der Waals surface area contributed by atoms with Crippen molar-refractivity contribution in [1.29, 1.82) is 0 Å². The summed E-state index contributed by atoms with van der Waals surface area (Å²) in [6, 6.07) is 0. The number of carbonyl (C=O) groups excluding carboxylic acids is 3. The summed E-state index contributed by atoms with van der Waals surface area (Å²) < 4.78 is 16.8. The van der Waals surface area contributed by atoms with Gasteiger partial charge in [0.05, 0.1) is 0 Å². The van der Waals surface area contributed by atoms with Gasteiger partial charge in [-0.2, -0.15) is 0 Å². The van der Waals surface area contributed by atoms with E-state index in [4.69, 9.17) is 14.2 Å². The van der Waals surface area contributed by atoms with Crippen molar-refractivity contribution in [3.63, 3.8) is 0 Å². The van der Waals surface area contributed by atoms with Crippen molar-refractivity contribution < 1.29 is 28.6 Å². The molecule has 0 fully saturated rings. The summed E-state index contributed by atoms with van der Waals surface area (Å²) in [6.07, 6.45) is 71.4. The molecule has 0 aliphatic heterocycles. The zero-order chi connectivity index (χ0) is 48.6. The Kier molecular flexibility index (Phi) is 52.4. The molecule has 6 heteroatoms. The van der Waals surface area contributed by atoms with Crippen molar-refractivity contribution in [1.82, 2.24) is 0 Å². The first-order valence-corrected chi connectivity index (χ1v) is 28.1. The van der Waals surface area contributed by atoms with Crippen molar-refractivity contribution in [2.24, 2.45) is 0 Å².